The number of aryl methyl sites for hydroxylation is 1. The zero-order valence-corrected chi connectivity index (χ0v) is 23.0. The monoisotopic (exact) mass is 493 g/mol. The van der Waals surface area contributed by atoms with Crippen molar-refractivity contribution in [2.75, 3.05) is 6.54 Å². The van der Waals surface area contributed by atoms with Gasteiger partial charge in [0.15, 0.2) is 0 Å². The predicted octanol–water partition coefficient (Wildman–Crippen LogP) is 8.19. The lowest BCUT2D eigenvalue weighted by Gasteiger charge is -2.25. The van der Waals surface area contributed by atoms with Crippen LogP contribution in [-0.2, 0) is 12.8 Å². The number of nitriles is 1. The van der Waals surface area contributed by atoms with Crippen molar-refractivity contribution >= 4 is 5.71 Å². The van der Waals surface area contributed by atoms with E-state index in [0.717, 1.165) is 31.2 Å². The summed E-state index contributed by atoms with van der Waals surface area (Å²) in [7, 11) is 0. The van der Waals surface area contributed by atoms with E-state index in [1.165, 1.54) is 71.3 Å². The molecule has 3 atom stereocenters. The molecular formula is C34H43N3. The van der Waals surface area contributed by atoms with E-state index in [0.29, 0.717) is 24.3 Å². The third-order valence-electron chi connectivity index (χ3n) is 8.44. The van der Waals surface area contributed by atoms with E-state index in [4.69, 9.17) is 10.7 Å². The van der Waals surface area contributed by atoms with Crippen LogP contribution >= 0.6 is 0 Å². The first kappa shape index (κ1) is 27.1. The number of allylic oxidation sites excluding steroid dienone is 4. The van der Waals surface area contributed by atoms with Crippen molar-refractivity contribution < 1.29 is 0 Å². The van der Waals surface area contributed by atoms with E-state index in [-0.39, 0.29) is 0 Å². The molecule has 1 saturated carbocycles. The molecule has 0 spiro atoms. The van der Waals surface area contributed by atoms with Gasteiger partial charge < -0.3 is 5.73 Å². The highest BCUT2D eigenvalue weighted by Gasteiger charge is 2.25. The first-order valence-electron chi connectivity index (χ1n) is 14.3. The Morgan fingerprint density at radius 3 is 2.51 bits per heavy atom. The van der Waals surface area contributed by atoms with Gasteiger partial charge in [0.1, 0.15) is 0 Å². The SMILES string of the molecule is C/C1=N/C(C2CCCCCC2C)=C\C(CCc2cc(C#N)ccc2-c2ccc(CCN)cc2)=C\CC1C. The molecule has 1 aliphatic carbocycles. The number of benzene rings is 2. The summed E-state index contributed by atoms with van der Waals surface area (Å²) in [5.74, 6) is 1.70. The number of nitrogens with zero attached hydrogens (tertiary/aromatic N) is 2. The van der Waals surface area contributed by atoms with Gasteiger partial charge >= 0.3 is 0 Å². The van der Waals surface area contributed by atoms with E-state index in [9.17, 15) is 5.26 Å². The first-order chi connectivity index (χ1) is 18.0. The molecule has 0 bridgehead atoms. The summed E-state index contributed by atoms with van der Waals surface area (Å²) in [5, 5.41) is 9.59. The van der Waals surface area contributed by atoms with Crippen LogP contribution in [0.25, 0.3) is 11.1 Å². The maximum Gasteiger partial charge on any atom is 0.0991 e. The van der Waals surface area contributed by atoms with Crippen LogP contribution in [0.15, 0.2) is 70.9 Å². The maximum atomic E-state index is 9.59. The number of hydrogen-bond acceptors (Lipinski definition) is 3. The van der Waals surface area contributed by atoms with Crippen LogP contribution in [0.5, 0.6) is 0 Å². The van der Waals surface area contributed by atoms with Crippen LogP contribution in [0.3, 0.4) is 0 Å². The van der Waals surface area contributed by atoms with Crippen molar-refractivity contribution in [1.29, 1.82) is 5.26 Å². The number of hydrogen-bond donors (Lipinski definition) is 1. The summed E-state index contributed by atoms with van der Waals surface area (Å²) in [4.78, 5) is 5.24. The molecule has 3 heteroatoms. The Balaban J connectivity index is 1.62. The predicted molar refractivity (Wildman–Crippen MR) is 156 cm³/mol. The van der Waals surface area contributed by atoms with Crippen molar-refractivity contribution in [2.45, 2.75) is 78.6 Å². The van der Waals surface area contributed by atoms with Crippen LogP contribution in [-0.4, -0.2) is 12.3 Å². The van der Waals surface area contributed by atoms with Gasteiger partial charge in [-0.3, -0.25) is 4.99 Å². The van der Waals surface area contributed by atoms with Crippen molar-refractivity contribution in [3.05, 3.63) is 82.6 Å². The molecule has 2 aliphatic rings. The van der Waals surface area contributed by atoms with E-state index in [1.807, 2.05) is 6.07 Å². The molecular weight excluding hydrogens is 450 g/mol. The Bertz CT molecular complexity index is 1190. The molecule has 4 rings (SSSR count). The first-order valence-corrected chi connectivity index (χ1v) is 14.3. The molecule has 194 valence electrons. The van der Waals surface area contributed by atoms with Crippen LogP contribution in [0, 0.1) is 29.1 Å². The minimum absolute atomic E-state index is 0.462. The largest absolute Gasteiger partial charge is 0.330 e. The van der Waals surface area contributed by atoms with Gasteiger partial charge in [-0.1, -0.05) is 75.9 Å². The topological polar surface area (TPSA) is 62.2 Å². The number of rotatable bonds is 7. The highest BCUT2D eigenvalue weighted by Crippen LogP contribution is 2.36. The van der Waals surface area contributed by atoms with Gasteiger partial charge in [0, 0.05) is 17.3 Å². The molecule has 3 unspecified atom stereocenters. The highest BCUT2D eigenvalue weighted by molar-refractivity contribution is 5.85. The van der Waals surface area contributed by atoms with Crippen molar-refractivity contribution in [3.63, 3.8) is 0 Å². The summed E-state index contributed by atoms with van der Waals surface area (Å²) >= 11 is 0. The summed E-state index contributed by atoms with van der Waals surface area (Å²) in [5.41, 5.74) is 15.3. The van der Waals surface area contributed by atoms with Crippen LogP contribution in [0.1, 0.15) is 82.4 Å². The Morgan fingerprint density at radius 1 is 0.973 bits per heavy atom. The van der Waals surface area contributed by atoms with Gasteiger partial charge in [0.2, 0.25) is 0 Å². The lowest BCUT2D eigenvalue weighted by atomic mass is 9.84. The van der Waals surface area contributed by atoms with Crippen LogP contribution < -0.4 is 5.73 Å². The Kier molecular flexibility index (Phi) is 9.53. The standard InChI is InChI=1S/C34H43N3/c1-24-9-10-28(22-34(37-26(24)3)32-8-6-4-5-7-25(32)2)13-17-31-21-29(23-36)14-18-33(31)30-15-11-27(12-16-30)19-20-35/h10-12,14-16,18,21-22,24-25,32H,4-9,13,17,19-20,35H2,1-3H3/b28-10+,34-22-,37-26-. The molecule has 2 aromatic carbocycles. The van der Waals surface area contributed by atoms with Crippen LogP contribution in [0.2, 0.25) is 0 Å². The Morgan fingerprint density at radius 2 is 1.76 bits per heavy atom. The van der Waals surface area contributed by atoms with Crippen LogP contribution in [0.4, 0.5) is 0 Å². The molecule has 0 saturated heterocycles. The second-order valence-corrected chi connectivity index (χ2v) is 11.2. The van der Waals surface area contributed by atoms with Gasteiger partial charge in [0.25, 0.3) is 0 Å². The number of nitrogens with two attached hydrogens (primary N) is 1. The van der Waals surface area contributed by atoms with Crippen molar-refractivity contribution in [1.82, 2.24) is 0 Å². The Labute approximate surface area is 224 Å². The molecule has 0 radical (unpaired) electrons. The lowest BCUT2D eigenvalue weighted by Crippen LogP contribution is -2.16. The van der Waals surface area contributed by atoms with Gasteiger partial charge in [-0.25, -0.2) is 0 Å². The molecule has 37 heavy (non-hydrogen) atoms. The van der Waals surface area contributed by atoms with Crippen molar-refractivity contribution in [2.24, 2.45) is 28.5 Å². The van der Waals surface area contributed by atoms with Gasteiger partial charge in [-0.2, -0.15) is 5.26 Å². The molecule has 2 aromatic rings. The molecule has 1 heterocycles. The highest BCUT2D eigenvalue weighted by atomic mass is 14.8. The number of aliphatic imine (C=N–C) groups is 1. The smallest absolute Gasteiger partial charge is 0.0991 e. The fourth-order valence-electron chi connectivity index (χ4n) is 5.84. The van der Waals surface area contributed by atoms with E-state index >= 15 is 0 Å². The Hall–Kier alpha value is -2.96. The quantitative estimate of drug-likeness (QED) is 0.395. The summed E-state index contributed by atoms with van der Waals surface area (Å²) < 4.78 is 0. The molecule has 0 amide bonds. The lowest BCUT2D eigenvalue weighted by molar-refractivity contribution is 0.384. The molecule has 2 N–H and O–H groups in total. The van der Waals surface area contributed by atoms with Gasteiger partial charge in [0.05, 0.1) is 11.6 Å². The fourth-order valence-corrected chi connectivity index (χ4v) is 5.84. The normalized spacial score (nSPS) is 26.8. The van der Waals surface area contributed by atoms with Gasteiger partial charge in [-0.05, 0) is 103 Å². The summed E-state index contributed by atoms with van der Waals surface area (Å²) in [6.45, 7) is 7.59. The molecule has 1 fully saturated rings. The summed E-state index contributed by atoms with van der Waals surface area (Å²) in [6, 6.07) is 17.2. The molecule has 0 aromatic heterocycles. The minimum Gasteiger partial charge on any atom is -0.330 e. The molecule has 1 aliphatic heterocycles. The fraction of sp³-hybridized carbons (Fsp3) is 0.471. The minimum atomic E-state index is 0.462. The third-order valence-corrected chi connectivity index (χ3v) is 8.44. The zero-order valence-electron chi connectivity index (χ0n) is 23.0. The third kappa shape index (κ3) is 7.08. The zero-order chi connectivity index (χ0) is 26.2. The second-order valence-electron chi connectivity index (χ2n) is 11.2. The maximum absolute atomic E-state index is 9.59. The van der Waals surface area contributed by atoms with Crippen molar-refractivity contribution in [3.8, 4) is 17.2 Å². The summed E-state index contributed by atoms with van der Waals surface area (Å²) in [6.07, 6.45) is 15.2. The van der Waals surface area contributed by atoms with E-state index in [2.05, 4.69) is 75.4 Å². The van der Waals surface area contributed by atoms with Gasteiger partial charge in [-0.15, -0.1) is 0 Å². The molecule has 3 nitrogen and oxygen atoms in total. The average molecular weight is 494 g/mol. The average Bonchev–Trinajstić information content (AvgIpc) is 3.13. The second kappa shape index (κ2) is 13.0. The van der Waals surface area contributed by atoms with E-state index in [1.54, 1.807) is 0 Å². The van der Waals surface area contributed by atoms with E-state index < -0.39 is 0 Å².